The van der Waals surface area contributed by atoms with Gasteiger partial charge in [-0.3, -0.25) is 0 Å². The number of nitrogens with two attached hydrogens (primary N) is 1. The van der Waals surface area contributed by atoms with Crippen molar-refractivity contribution in [3.8, 4) is 5.75 Å². The summed E-state index contributed by atoms with van der Waals surface area (Å²) in [6.45, 7) is 5.21. The van der Waals surface area contributed by atoms with Crippen LogP contribution in [-0.4, -0.2) is 31.4 Å². The molecule has 0 saturated heterocycles. The molecular weight excluding hydrogens is 238 g/mol. The zero-order valence-corrected chi connectivity index (χ0v) is 12.1. The molecule has 0 saturated carbocycles. The molecule has 19 heavy (non-hydrogen) atoms. The quantitative estimate of drug-likeness (QED) is 0.599. The first kappa shape index (κ1) is 16.0. The van der Waals surface area contributed by atoms with E-state index in [0.717, 1.165) is 38.3 Å². The maximum Gasteiger partial charge on any atom is 0.119 e. The van der Waals surface area contributed by atoms with Crippen molar-refractivity contribution in [2.24, 2.45) is 0 Å². The summed E-state index contributed by atoms with van der Waals surface area (Å²) < 4.78 is 5.71. The second kappa shape index (κ2) is 10.8. The Bertz CT molecular complexity index is 311. The fourth-order valence-corrected chi connectivity index (χ4v) is 1.99. The summed E-state index contributed by atoms with van der Waals surface area (Å²) in [6.07, 6.45) is 5.90. The molecule has 3 N–H and O–H groups in total. The fourth-order valence-electron chi connectivity index (χ4n) is 1.99. The van der Waals surface area contributed by atoms with Crippen molar-refractivity contribution in [1.29, 1.82) is 0 Å². The van der Waals surface area contributed by atoms with E-state index >= 15 is 0 Å². The van der Waals surface area contributed by atoms with Gasteiger partial charge in [-0.15, -0.1) is 0 Å². The first-order valence-corrected chi connectivity index (χ1v) is 7.51. The zero-order chi connectivity index (χ0) is 13.8. The zero-order valence-electron chi connectivity index (χ0n) is 12.1. The number of unbranched alkanes of at least 4 members (excludes halogenated alkanes) is 3. The first-order chi connectivity index (χ1) is 9.36. The van der Waals surface area contributed by atoms with Crippen LogP contribution >= 0.6 is 0 Å². The average Bonchev–Trinajstić information content (AvgIpc) is 2.46. The van der Waals surface area contributed by atoms with E-state index in [0.29, 0.717) is 0 Å². The maximum atomic E-state index is 8.63. The lowest BCUT2D eigenvalue weighted by Crippen LogP contribution is -2.85. The standard InChI is InChI=1S/C16H27NO2/c1-2-15-7-9-16(10-8-15)19-14-6-4-3-5-11-17-12-13-18/h7-10,17-18H,2-6,11-14H2,1H3/p+1. The van der Waals surface area contributed by atoms with Gasteiger partial charge in [0, 0.05) is 0 Å². The summed E-state index contributed by atoms with van der Waals surface area (Å²) in [7, 11) is 0. The highest BCUT2D eigenvalue weighted by atomic mass is 16.5. The molecule has 1 aromatic carbocycles. The summed E-state index contributed by atoms with van der Waals surface area (Å²) in [5.41, 5.74) is 1.35. The van der Waals surface area contributed by atoms with Crippen LogP contribution < -0.4 is 10.1 Å². The highest BCUT2D eigenvalue weighted by Gasteiger charge is 1.96. The highest BCUT2D eigenvalue weighted by molar-refractivity contribution is 5.27. The average molecular weight is 266 g/mol. The van der Waals surface area contributed by atoms with Crippen LogP contribution in [0.3, 0.4) is 0 Å². The molecule has 3 heteroatoms. The molecule has 3 nitrogen and oxygen atoms in total. The second-order valence-electron chi connectivity index (χ2n) is 4.85. The van der Waals surface area contributed by atoms with Gasteiger partial charge in [-0.2, -0.15) is 0 Å². The van der Waals surface area contributed by atoms with Crippen molar-refractivity contribution >= 4 is 0 Å². The third-order valence-electron chi connectivity index (χ3n) is 3.24. The van der Waals surface area contributed by atoms with Crippen molar-refractivity contribution in [3.63, 3.8) is 0 Å². The molecule has 108 valence electrons. The summed E-state index contributed by atoms with van der Waals surface area (Å²) in [5.74, 6) is 0.980. The lowest BCUT2D eigenvalue weighted by atomic mass is 10.2. The van der Waals surface area contributed by atoms with Crippen LogP contribution in [0.25, 0.3) is 0 Å². The molecule has 0 atom stereocenters. The summed E-state index contributed by atoms with van der Waals surface area (Å²) >= 11 is 0. The van der Waals surface area contributed by atoms with E-state index in [1.165, 1.54) is 24.8 Å². The molecule has 0 spiro atoms. The SMILES string of the molecule is CCc1ccc(OCCCCCC[NH2+]CCO)cc1. The van der Waals surface area contributed by atoms with Crippen molar-refractivity contribution in [1.82, 2.24) is 0 Å². The summed E-state index contributed by atoms with van der Waals surface area (Å²) in [6, 6.07) is 8.38. The molecule has 0 unspecified atom stereocenters. The van der Waals surface area contributed by atoms with E-state index in [4.69, 9.17) is 9.84 Å². The summed E-state index contributed by atoms with van der Waals surface area (Å²) in [4.78, 5) is 0. The Balaban J connectivity index is 1.95. The van der Waals surface area contributed by atoms with Crippen molar-refractivity contribution in [3.05, 3.63) is 29.8 Å². The third kappa shape index (κ3) is 7.85. The van der Waals surface area contributed by atoms with Gasteiger partial charge in [0.1, 0.15) is 5.75 Å². The van der Waals surface area contributed by atoms with Gasteiger partial charge in [-0.05, 0) is 49.8 Å². The lowest BCUT2D eigenvalue weighted by Gasteiger charge is -2.06. The highest BCUT2D eigenvalue weighted by Crippen LogP contribution is 2.13. The third-order valence-corrected chi connectivity index (χ3v) is 3.24. The molecule has 0 fully saturated rings. The van der Waals surface area contributed by atoms with E-state index < -0.39 is 0 Å². The van der Waals surface area contributed by atoms with E-state index in [9.17, 15) is 0 Å². The maximum absolute atomic E-state index is 8.63. The largest absolute Gasteiger partial charge is 0.494 e. The number of aliphatic hydroxyl groups excluding tert-OH is 1. The van der Waals surface area contributed by atoms with E-state index in [-0.39, 0.29) is 6.61 Å². The van der Waals surface area contributed by atoms with Crippen molar-refractivity contribution in [2.45, 2.75) is 39.0 Å². The Morgan fingerprint density at radius 1 is 1.00 bits per heavy atom. The fraction of sp³-hybridized carbons (Fsp3) is 0.625. The molecule has 0 radical (unpaired) electrons. The van der Waals surface area contributed by atoms with Crippen LogP contribution in [0.1, 0.15) is 38.2 Å². The predicted octanol–water partition coefficient (Wildman–Crippen LogP) is 1.74. The summed E-state index contributed by atoms with van der Waals surface area (Å²) in [5, 5.41) is 10.8. The van der Waals surface area contributed by atoms with Crippen LogP contribution in [0.5, 0.6) is 5.75 Å². The van der Waals surface area contributed by atoms with Gasteiger partial charge >= 0.3 is 0 Å². The lowest BCUT2D eigenvalue weighted by molar-refractivity contribution is -0.656. The molecular formula is C16H28NO2+. The molecule has 0 amide bonds. The van der Waals surface area contributed by atoms with Crippen LogP contribution in [0, 0.1) is 0 Å². The Hall–Kier alpha value is -1.06. The van der Waals surface area contributed by atoms with Gasteiger partial charge in [-0.25, -0.2) is 0 Å². The number of hydrogen-bond donors (Lipinski definition) is 2. The molecule has 1 aromatic rings. The van der Waals surface area contributed by atoms with Gasteiger partial charge in [-0.1, -0.05) is 19.1 Å². The number of hydrogen-bond acceptors (Lipinski definition) is 2. The van der Waals surface area contributed by atoms with Crippen LogP contribution in [0.4, 0.5) is 0 Å². The predicted molar refractivity (Wildman–Crippen MR) is 78.5 cm³/mol. The van der Waals surface area contributed by atoms with E-state index in [1.54, 1.807) is 0 Å². The Morgan fingerprint density at radius 3 is 2.42 bits per heavy atom. The molecule has 0 aliphatic heterocycles. The van der Waals surface area contributed by atoms with Gasteiger partial charge in [0.2, 0.25) is 0 Å². The topological polar surface area (TPSA) is 46.1 Å². The van der Waals surface area contributed by atoms with Crippen molar-refractivity contribution < 1.29 is 15.2 Å². The molecule has 0 aliphatic rings. The Morgan fingerprint density at radius 2 is 1.74 bits per heavy atom. The molecule has 0 aliphatic carbocycles. The number of rotatable bonds is 11. The number of ether oxygens (including phenoxy) is 1. The minimum Gasteiger partial charge on any atom is -0.494 e. The monoisotopic (exact) mass is 266 g/mol. The normalized spacial score (nSPS) is 10.6. The smallest absolute Gasteiger partial charge is 0.119 e. The van der Waals surface area contributed by atoms with Gasteiger partial charge < -0.3 is 15.2 Å². The molecule has 0 heterocycles. The van der Waals surface area contributed by atoms with Gasteiger partial charge in [0.25, 0.3) is 0 Å². The number of aliphatic hydroxyl groups is 1. The van der Waals surface area contributed by atoms with Gasteiger partial charge in [0.15, 0.2) is 0 Å². The van der Waals surface area contributed by atoms with Crippen LogP contribution in [-0.2, 0) is 6.42 Å². The minimum atomic E-state index is 0.282. The number of benzene rings is 1. The minimum absolute atomic E-state index is 0.282. The first-order valence-electron chi connectivity index (χ1n) is 7.51. The van der Waals surface area contributed by atoms with Crippen LogP contribution in [0.2, 0.25) is 0 Å². The molecule has 0 aromatic heterocycles. The van der Waals surface area contributed by atoms with E-state index in [1.807, 2.05) is 0 Å². The molecule has 0 bridgehead atoms. The number of quaternary nitrogens is 1. The van der Waals surface area contributed by atoms with Crippen LogP contribution in [0.15, 0.2) is 24.3 Å². The van der Waals surface area contributed by atoms with Gasteiger partial charge in [0.05, 0.1) is 26.3 Å². The molecule has 1 rings (SSSR count). The number of aryl methyl sites for hydroxylation is 1. The van der Waals surface area contributed by atoms with E-state index in [2.05, 4.69) is 36.5 Å². The van der Waals surface area contributed by atoms with Crippen molar-refractivity contribution in [2.75, 3.05) is 26.3 Å². The Labute approximate surface area is 117 Å². The Kier molecular flexibility index (Phi) is 9.11. The second-order valence-corrected chi connectivity index (χ2v) is 4.85.